The van der Waals surface area contributed by atoms with Crippen molar-refractivity contribution in [3.63, 3.8) is 0 Å². The van der Waals surface area contributed by atoms with Gasteiger partial charge in [0, 0.05) is 18.7 Å². The molecule has 0 aliphatic heterocycles. The van der Waals surface area contributed by atoms with Crippen molar-refractivity contribution in [2.75, 3.05) is 30.3 Å². The highest BCUT2D eigenvalue weighted by molar-refractivity contribution is 5.72. The van der Waals surface area contributed by atoms with E-state index in [0.29, 0.717) is 24.5 Å². The predicted molar refractivity (Wildman–Crippen MR) is 70.6 cm³/mol. The van der Waals surface area contributed by atoms with Crippen LogP contribution in [0.4, 0.5) is 17.1 Å². The number of aliphatic hydroxyl groups is 1. The number of anilines is 2. The molecule has 0 heterocycles. The topological polar surface area (TPSA) is 87.4 Å². The highest BCUT2D eigenvalue weighted by Gasteiger charge is 2.09. The molecule has 1 aromatic rings. The Kier molecular flexibility index (Phi) is 5.48. The Morgan fingerprint density at radius 1 is 1.39 bits per heavy atom. The van der Waals surface area contributed by atoms with E-state index in [9.17, 15) is 10.1 Å². The number of hydrogen-bond acceptors (Lipinski definition) is 5. The lowest BCUT2D eigenvalue weighted by Crippen LogP contribution is -2.09. The summed E-state index contributed by atoms with van der Waals surface area (Å²) in [4.78, 5) is 10.2. The molecule has 1 rings (SSSR count). The summed E-state index contributed by atoms with van der Waals surface area (Å²) in [7, 11) is 0. The van der Waals surface area contributed by atoms with Crippen molar-refractivity contribution in [3.8, 4) is 11.8 Å². The minimum atomic E-state index is -0.452. The molecule has 1 aromatic carbocycles. The van der Waals surface area contributed by atoms with E-state index in [2.05, 4.69) is 22.5 Å². The highest BCUT2D eigenvalue weighted by atomic mass is 16.6. The molecule has 0 fully saturated rings. The molecule has 3 N–H and O–H groups in total. The van der Waals surface area contributed by atoms with Gasteiger partial charge in [-0.25, -0.2) is 0 Å². The van der Waals surface area contributed by atoms with Gasteiger partial charge in [0.25, 0.3) is 5.69 Å². The van der Waals surface area contributed by atoms with Gasteiger partial charge in [0.2, 0.25) is 0 Å². The van der Waals surface area contributed by atoms with Gasteiger partial charge in [-0.2, -0.15) is 0 Å². The van der Waals surface area contributed by atoms with E-state index in [-0.39, 0.29) is 12.3 Å². The summed E-state index contributed by atoms with van der Waals surface area (Å²) in [5.74, 6) is 5.55. The van der Waals surface area contributed by atoms with Crippen LogP contribution in [0, 0.1) is 22.0 Å². The molecule has 0 spiro atoms. The molecule has 96 valence electrons. The summed E-state index contributed by atoms with van der Waals surface area (Å²) >= 11 is 0. The van der Waals surface area contributed by atoms with Gasteiger partial charge in [-0.05, 0) is 13.0 Å². The fourth-order valence-corrected chi connectivity index (χ4v) is 1.36. The molecule has 6 heteroatoms. The minimum Gasteiger partial charge on any atom is -0.395 e. The fraction of sp³-hybridized carbons (Fsp3) is 0.333. The molecule has 0 aromatic heterocycles. The van der Waals surface area contributed by atoms with Crippen LogP contribution in [0.3, 0.4) is 0 Å². The molecule has 18 heavy (non-hydrogen) atoms. The Hall–Kier alpha value is -2.26. The highest BCUT2D eigenvalue weighted by Crippen LogP contribution is 2.26. The smallest absolute Gasteiger partial charge is 0.271 e. The number of non-ortho nitro benzene ring substituents is 1. The standard InChI is InChI=1S/C12H15N3O3/c1-2-3-6-13-12-9-10(15(17)18)4-5-11(12)14-7-8-16/h4-5,9,13-14,16H,6-8H2,1H3. The zero-order valence-electron chi connectivity index (χ0n) is 10.1. The molecule has 0 amide bonds. The number of nitrogens with zero attached hydrogens (tertiary/aromatic N) is 1. The number of aliphatic hydroxyl groups excluding tert-OH is 1. The fourth-order valence-electron chi connectivity index (χ4n) is 1.36. The van der Waals surface area contributed by atoms with Gasteiger partial charge in [-0.1, -0.05) is 5.92 Å². The summed E-state index contributed by atoms with van der Waals surface area (Å²) in [6, 6.07) is 4.46. The maximum atomic E-state index is 10.7. The minimum absolute atomic E-state index is 0.00874. The van der Waals surface area contributed by atoms with Crippen LogP contribution < -0.4 is 10.6 Å². The average Bonchev–Trinajstić information content (AvgIpc) is 2.37. The Balaban J connectivity index is 2.92. The molecule has 0 radical (unpaired) electrons. The van der Waals surface area contributed by atoms with E-state index >= 15 is 0 Å². The number of benzene rings is 1. The van der Waals surface area contributed by atoms with Gasteiger partial charge in [-0.15, -0.1) is 5.92 Å². The largest absolute Gasteiger partial charge is 0.395 e. The molecular weight excluding hydrogens is 234 g/mol. The van der Waals surface area contributed by atoms with E-state index < -0.39 is 4.92 Å². The second kappa shape index (κ2) is 7.14. The molecule has 0 bridgehead atoms. The lowest BCUT2D eigenvalue weighted by Gasteiger charge is -2.11. The second-order valence-electron chi connectivity index (χ2n) is 3.42. The maximum absolute atomic E-state index is 10.7. The van der Waals surface area contributed by atoms with Crippen LogP contribution in [0.1, 0.15) is 6.92 Å². The lowest BCUT2D eigenvalue weighted by molar-refractivity contribution is -0.384. The van der Waals surface area contributed by atoms with Gasteiger partial charge in [-0.3, -0.25) is 10.1 Å². The first-order valence-corrected chi connectivity index (χ1v) is 5.45. The summed E-state index contributed by atoms with van der Waals surface area (Å²) in [5, 5.41) is 25.4. The normalized spacial score (nSPS) is 9.22. The first kappa shape index (κ1) is 13.8. The summed E-state index contributed by atoms with van der Waals surface area (Å²) in [5.41, 5.74) is 1.31. The van der Waals surface area contributed by atoms with Crippen molar-refractivity contribution in [3.05, 3.63) is 28.3 Å². The van der Waals surface area contributed by atoms with Crippen LogP contribution >= 0.6 is 0 Å². The number of rotatable bonds is 6. The Morgan fingerprint density at radius 2 is 2.17 bits per heavy atom. The molecule has 0 atom stereocenters. The summed E-state index contributed by atoms with van der Waals surface area (Å²) in [6.45, 7) is 2.50. The van der Waals surface area contributed by atoms with Gasteiger partial charge < -0.3 is 15.7 Å². The van der Waals surface area contributed by atoms with E-state index in [1.165, 1.54) is 12.1 Å². The van der Waals surface area contributed by atoms with Gasteiger partial charge in [0.1, 0.15) is 0 Å². The van der Waals surface area contributed by atoms with Gasteiger partial charge in [0.15, 0.2) is 0 Å². The monoisotopic (exact) mass is 249 g/mol. The SMILES string of the molecule is CC#CCNc1cc([N+](=O)[O-])ccc1NCCO. The van der Waals surface area contributed by atoms with Crippen LogP contribution in [-0.2, 0) is 0 Å². The van der Waals surface area contributed by atoms with Crippen molar-refractivity contribution < 1.29 is 10.0 Å². The van der Waals surface area contributed by atoms with Crippen molar-refractivity contribution >= 4 is 17.1 Å². The molecule has 6 nitrogen and oxygen atoms in total. The van der Waals surface area contributed by atoms with Crippen LogP contribution in [0.2, 0.25) is 0 Å². The van der Waals surface area contributed by atoms with Gasteiger partial charge in [0.05, 0.1) is 29.4 Å². The zero-order chi connectivity index (χ0) is 13.4. The molecular formula is C12H15N3O3. The van der Waals surface area contributed by atoms with E-state index in [1.807, 2.05) is 0 Å². The Morgan fingerprint density at radius 3 is 2.78 bits per heavy atom. The van der Waals surface area contributed by atoms with Crippen LogP contribution in [0.25, 0.3) is 0 Å². The zero-order valence-corrected chi connectivity index (χ0v) is 10.1. The average molecular weight is 249 g/mol. The Bertz CT molecular complexity index is 477. The third kappa shape index (κ3) is 3.96. The quantitative estimate of drug-likeness (QED) is 0.403. The number of hydrogen-bond donors (Lipinski definition) is 3. The Labute approximate surface area is 105 Å². The molecule has 0 unspecified atom stereocenters. The van der Waals surface area contributed by atoms with Crippen LogP contribution in [-0.4, -0.2) is 29.7 Å². The number of nitro groups is 1. The predicted octanol–water partition coefficient (Wildman–Crippen LogP) is 1.43. The van der Waals surface area contributed by atoms with E-state index in [0.717, 1.165) is 0 Å². The summed E-state index contributed by atoms with van der Waals surface area (Å²) in [6.07, 6.45) is 0. The first-order chi connectivity index (χ1) is 8.69. The van der Waals surface area contributed by atoms with E-state index in [4.69, 9.17) is 5.11 Å². The molecule has 0 saturated heterocycles. The molecule has 0 saturated carbocycles. The third-order valence-corrected chi connectivity index (χ3v) is 2.19. The molecule has 0 aliphatic carbocycles. The second-order valence-corrected chi connectivity index (χ2v) is 3.42. The van der Waals surface area contributed by atoms with Crippen molar-refractivity contribution in [1.82, 2.24) is 0 Å². The molecule has 0 aliphatic rings. The maximum Gasteiger partial charge on any atom is 0.271 e. The number of nitrogens with one attached hydrogen (secondary N) is 2. The van der Waals surface area contributed by atoms with E-state index in [1.54, 1.807) is 13.0 Å². The third-order valence-electron chi connectivity index (χ3n) is 2.19. The number of nitro benzene ring substituents is 1. The lowest BCUT2D eigenvalue weighted by atomic mass is 10.2. The van der Waals surface area contributed by atoms with Crippen molar-refractivity contribution in [2.24, 2.45) is 0 Å². The summed E-state index contributed by atoms with van der Waals surface area (Å²) < 4.78 is 0. The van der Waals surface area contributed by atoms with Crippen molar-refractivity contribution in [1.29, 1.82) is 0 Å². The van der Waals surface area contributed by atoms with Crippen LogP contribution in [0.15, 0.2) is 18.2 Å². The van der Waals surface area contributed by atoms with Crippen LogP contribution in [0.5, 0.6) is 0 Å². The first-order valence-electron chi connectivity index (χ1n) is 5.45. The van der Waals surface area contributed by atoms with Gasteiger partial charge >= 0.3 is 0 Å². The van der Waals surface area contributed by atoms with Crippen molar-refractivity contribution in [2.45, 2.75) is 6.92 Å².